The number of nitrogens with zero attached hydrogens (tertiary/aromatic N) is 1. The first-order valence-electron chi connectivity index (χ1n) is 7.77. The number of hydrogen-bond acceptors (Lipinski definition) is 6. The summed E-state index contributed by atoms with van der Waals surface area (Å²) in [6, 6.07) is 4.97. The maximum Gasteiger partial charge on any atom is 0.346 e. The van der Waals surface area contributed by atoms with E-state index in [9.17, 15) is 9.59 Å². The number of carbonyl (C=O) groups is 2. The number of morpholine rings is 1. The van der Waals surface area contributed by atoms with E-state index in [-0.39, 0.29) is 30.3 Å². The summed E-state index contributed by atoms with van der Waals surface area (Å²) in [5.74, 6) is -0.243. The van der Waals surface area contributed by atoms with Crippen molar-refractivity contribution in [2.75, 3.05) is 33.9 Å². The maximum absolute atomic E-state index is 12.3. The van der Waals surface area contributed by atoms with E-state index in [1.807, 2.05) is 13.8 Å². The van der Waals surface area contributed by atoms with Crippen molar-refractivity contribution < 1.29 is 28.5 Å². The lowest BCUT2D eigenvalue weighted by atomic mass is 10.2. The predicted octanol–water partition coefficient (Wildman–Crippen LogP) is 1.50. The van der Waals surface area contributed by atoms with E-state index in [1.54, 1.807) is 23.1 Å². The highest BCUT2D eigenvalue weighted by Gasteiger charge is 2.27. The first-order chi connectivity index (χ1) is 11.5. The molecule has 1 amide bonds. The minimum atomic E-state index is -0.660. The Hall–Kier alpha value is -2.28. The van der Waals surface area contributed by atoms with E-state index >= 15 is 0 Å². The molecule has 1 aromatic rings. The highest BCUT2D eigenvalue weighted by atomic mass is 16.5. The van der Waals surface area contributed by atoms with E-state index in [0.717, 1.165) is 0 Å². The second kappa shape index (κ2) is 8.01. The van der Waals surface area contributed by atoms with Gasteiger partial charge < -0.3 is 23.8 Å². The highest BCUT2D eigenvalue weighted by Crippen LogP contribution is 2.28. The summed E-state index contributed by atoms with van der Waals surface area (Å²) in [6.07, 6.45) is -0.0783. The number of amides is 1. The third kappa shape index (κ3) is 4.17. The quantitative estimate of drug-likeness (QED) is 0.758. The number of rotatable bonds is 5. The Morgan fingerprint density at radius 1 is 1.12 bits per heavy atom. The first kappa shape index (κ1) is 18.1. The van der Waals surface area contributed by atoms with Gasteiger partial charge in [-0.2, -0.15) is 0 Å². The van der Waals surface area contributed by atoms with Crippen molar-refractivity contribution in [3.05, 3.63) is 23.8 Å². The first-order valence-corrected chi connectivity index (χ1v) is 7.77. The molecule has 0 unspecified atom stereocenters. The molecular formula is C17H23NO6. The zero-order valence-corrected chi connectivity index (χ0v) is 14.4. The van der Waals surface area contributed by atoms with Crippen LogP contribution in [-0.2, 0) is 14.3 Å². The Bertz CT molecular complexity index is 570. The van der Waals surface area contributed by atoms with Crippen LogP contribution in [0, 0.1) is 0 Å². The predicted molar refractivity (Wildman–Crippen MR) is 86.4 cm³/mol. The standard InChI is InChI=1S/C17H23NO6/c1-11-8-18(9-12(2)24-11)15(19)10-23-17(20)16-13(21-3)6-5-7-14(16)22-4/h5-7,11-12H,8-10H2,1-4H3/t11-,12+. The zero-order chi connectivity index (χ0) is 17.7. The Balaban J connectivity index is 2.02. The molecule has 0 aliphatic carbocycles. The molecule has 0 saturated carbocycles. The number of esters is 1. The Morgan fingerprint density at radius 3 is 2.17 bits per heavy atom. The van der Waals surface area contributed by atoms with Crippen molar-refractivity contribution in [2.45, 2.75) is 26.1 Å². The number of ether oxygens (including phenoxy) is 4. The molecule has 0 bridgehead atoms. The summed E-state index contributed by atoms with van der Waals surface area (Å²) in [6.45, 7) is 4.44. The second-order valence-electron chi connectivity index (χ2n) is 5.67. The third-order valence-corrected chi connectivity index (χ3v) is 3.73. The van der Waals surface area contributed by atoms with Crippen molar-refractivity contribution in [2.24, 2.45) is 0 Å². The van der Waals surface area contributed by atoms with Gasteiger partial charge in [0.05, 0.1) is 26.4 Å². The van der Waals surface area contributed by atoms with E-state index in [2.05, 4.69) is 0 Å². The molecule has 0 radical (unpaired) electrons. The summed E-state index contributed by atoms with van der Waals surface area (Å²) < 4.78 is 21.1. The summed E-state index contributed by atoms with van der Waals surface area (Å²) in [5.41, 5.74) is 0.166. The van der Waals surface area contributed by atoms with Crippen LogP contribution >= 0.6 is 0 Å². The molecule has 1 heterocycles. The van der Waals surface area contributed by atoms with Crippen LogP contribution in [0.25, 0.3) is 0 Å². The van der Waals surface area contributed by atoms with Crippen LogP contribution in [0.5, 0.6) is 11.5 Å². The molecule has 7 heteroatoms. The molecule has 1 aliphatic rings. The van der Waals surface area contributed by atoms with Gasteiger partial charge in [0, 0.05) is 13.1 Å². The number of carbonyl (C=O) groups excluding carboxylic acids is 2. The molecule has 0 spiro atoms. The van der Waals surface area contributed by atoms with Crippen molar-refractivity contribution in [1.82, 2.24) is 4.90 Å². The SMILES string of the molecule is COc1cccc(OC)c1C(=O)OCC(=O)N1C[C@@H](C)O[C@@H](C)C1. The van der Waals surface area contributed by atoms with Gasteiger partial charge in [0.2, 0.25) is 0 Å². The lowest BCUT2D eigenvalue weighted by Crippen LogP contribution is -2.49. The zero-order valence-electron chi connectivity index (χ0n) is 14.4. The number of hydrogen-bond donors (Lipinski definition) is 0. The van der Waals surface area contributed by atoms with Crippen molar-refractivity contribution >= 4 is 11.9 Å². The van der Waals surface area contributed by atoms with Crippen LogP contribution in [0.4, 0.5) is 0 Å². The summed E-state index contributed by atoms with van der Waals surface area (Å²) in [4.78, 5) is 26.3. The van der Waals surface area contributed by atoms with Crippen LogP contribution in [0.2, 0.25) is 0 Å². The van der Waals surface area contributed by atoms with Gasteiger partial charge in [-0.05, 0) is 26.0 Å². The molecule has 1 saturated heterocycles. The monoisotopic (exact) mass is 337 g/mol. The van der Waals surface area contributed by atoms with Crippen molar-refractivity contribution in [3.63, 3.8) is 0 Å². The minimum Gasteiger partial charge on any atom is -0.496 e. The summed E-state index contributed by atoms with van der Waals surface area (Å²) >= 11 is 0. The van der Waals surface area contributed by atoms with Crippen LogP contribution in [-0.4, -0.2) is 62.9 Å². The van der Waals surface area contributed by atoms with Crippen LogP contribution in [0.15, 0.2) is 18.2 Å². The fourth-order valence-corrected chi connectivity index (χ4v) is 2.72. The lowest BCUT2D eigenvalue weighted by Gasteiger charge is -2.35. The van der Waals surface area contributed by atoms with E-state index < -0.39 is 5.97 Å². The van der Waals surface area contributed by atoms with Crippen LogP contribution in [0.1, 0.15) is 24.2 Å². The van der Waals surface area contributed by atoms with Gasteiger partial charge in [0.15, 0.2) is 6.61 Å². The molecule has 0 N–H and O–H groups in total. The topological polar surface area (TPSA) is 74.3 Å². The molecular weight excluding hydrogens is 314 g/mol. The molecule has 1 fully saturated rings. The number of methoxy groups -OCH3 is 2. The lowest BCUT2D eigenvalue weighted by molar-refractivity contribution is -0.146. The van der Waals surface area contributed by atoms with Gasteiger partial charge in [0.1, 0.15) is 17.1 Å². The smallest absolute Gasteiger partial charge is 0.346 e. The number of benzene rings is 1. The van der Waals surface area contributed by atoms with Gasteiger partial charge in [-0.15, -0.1) is 0 Å². The average molecular weight is 337 g/mol. The molecule has 24 heavy (non-hydrogen) atoms. The molecule has 1 aliphatic heterocycles. The third-order valence-electron chi connectivity index (χ3n) is 3.73. The second-order valence-corrected chi connectivity index (χ2v) is 5.67. The summed E-state index contributed by atoms with van der Waals surface area (Å²) in [7, 11) is 2.90. The maximum atomic E-state index is 12.3. The largest absolute Gasteiger partial charge is 0.496 e. The van der Waals surface area contributed by atoms with Gasteiger partial charge in [-0.1, -0.05) is 6.07 Å². The van der Waals surface area contributed by atoms with E-state index in [1.165, 1.54) is 14.2 Å². The Labute approximate surface area is 141 Å². The Kier molecular flexibility index (Phi) is 6.03. The van der Waals surface area contributed by atoms with Crippen LogP contribution in [0.3, 0.4) is 0 Å². The molecule has 0 aromatic heterocycles. The molecule has 2 rings (SSSR count). The fourth-order valence-electron chi connectivity index (χ4n) is 2.72. The summed E-state index contributed by atoms with van der Waals surface area (Å²) in [5, 5.41) is 0. The van der Waals surface area contributed by atoms with Gasteiger partial charge in [0.25, 0.3) is 5.91 Å². The molecule has 132 valence electrons. The van der Waals surface area contributed by atoms with E-state index in [4.69, 9.17) is 18.9 Å². The van der Waals surface area contributed by atoms with Gasteiger partial charge >= 0.3 is 5.97 Å². The highest BCUT2D eigenvalue weighted by molar-refractivity contribution is 5.96. The van der Waals surface area contributed by atoms with Gasteiger partial charge in [-0.25, -0.2) is 4.79 Å². The molecule has 2 atom stereocenters. The van der Waals surface area contributed by atoms with E-state index in [0.29, 0.717) is 24.6 Å². The van der Waals surface area contributed by atoms with Gasteiger partial charge in [-0.3, -0.25) is 4.79 Å². The normalized spacial score (nSPS) is 20.4. The molecule has 7 nitrogen and oxygen atoms in total. The Morgan fingerprint density at radius 2 is 1.67 bits per heavy atom. The van der Waals surface area contributed by atoms with Crippen molar-refractivity contribution in [1.29, 1.82) is 0 Å². The fraction of sp³-hybridized carbons (Fsp3) is 0.529. The average Bonchev–Trinajstić information content (AvgIpc) is 2.57. The molecule has 1 aromatic carbocycles. The minimum absolute atomic E-state index is 0.0392. The van der Waals surface area contributed by atoms with Crippen LogP contribution < -0.4 is 9.47 Å². The van der Waals surface area contributed by atoms with Crippen molar-refractivity contribution in [3.8, 4) is 11.5 Å².